The van der Waals surface area contributed by atoms with Gasteiger partial charge in [-0.3, -0.25) is 0 Å². The predicted molar refractivity (Wildman–Crippen MR) is 75.2 cm³/mol. The fourth-order valence-corrected chi connectivity index (χ4v) is 1.66. The van der Waals surface area contributed by atoms with E-state index in [1.54, 1.807) is 24.5 Å². The van der Waals surface area contributed by atoms with E-state index in [-0.39, 0.29) is 6.61 Å². The van der Waals surface area contributed by atoms with E-state index in [0.717, 1.165) is 5.56 Å². The molecule has 0 aliphatic heterocycles. The van der Waals surface area contributed by atoms with Gasteiger partial charge in [0.15, 0.2) is 6.61 Å². The Labute approximate surface area is 120 Å². The van der Waals surface area contributed by atoms with Crippen LogP contribution in [-0.2, 0) is 6.61 Å². The van der Waals surface area contributed by atoms with Crippen LogP contribution in [0.2, 0.25) is 0 Å². The van der Waals surface area contributed by atoms with Gasteiger partial charge in [0, 0.05) is 12.4 Å². The highest BCUT2D eigenvalue weighted by molar-refractivity contribution is 5.51. The molecular formula is C14H13N5O2. The Bertz CT molecular complexity index is 739. The van der Waals surface area contributed by atoms with Gasteiger partial charge in [-0.15, -0.1) is 0 Å². The van der Waals surface area contributed by atoms with Crippen molar-refractivity contribution in [3.63, 3.8) is 0 Å². The highest BCUT2D eigenvalue weighted by Gasteiger charge is 2.11. The lowest BCUT2D eigenvalue weighted by atomic mass is 10.3. The molecule has 1 aromatic carbocycles. The maximum Gasteiger partial charge on any atom is 0.264 e. The van der Waals surface area contributed by atoms with Crippen LogP contribution in [-0.4, -0.2) is 20.1 Å². The van der Waals surface area contributed by atoms with Crippen molar-refractivity contribution in [1.82, 2.24) is 20.1 Å². The maximum atomic E-state index is 5.78. The number of hydrogen-bond donors (Lipinski definition) is 1. The molecule has 0 bridgehead atoms. The molecule has 0 saturated carbocycles. The minimum atomic E-state index is 0.132. The molecule has 3 rings (SSSR count). The van der Waals surface area contributed by atoms with Crippen molar-refractivity contribution in [1.29, 1.82) is 0 Å². The summed E-state index contributed by atoms with van der Waals surface area (Å²) in [6.45, 7) is 2.04. The van der Waals surface area contributed by atoms with E-state index in [9.17, 15) is 0 Å². The van der Waals surface area contributed by atoms with Crippen molar-refractivity contribution in [3.05, 3.63) is 48.1 Å². The zero-order valence-electron chi connectivity index (χ0n) is 11.4. The van der Waals surface area contributed by atoms with Gasteiger partial charge in [-0.1, -0.05) is 17.3 Å². The van der Waals surface area contributed by atoms with Crippen molar-refractivity contribution in [2.45, 2.75) is 13.5 Å². The normalized spacial score (nSPS) is 10.5. The second-order valence-corrected chi connectivity index (χ2v) is 4.42. The first-order valence-electron chi connectivity index (χ1n) is 6.31. The summed E-state index contributed by atoms with van der Waals surface area (Å²) in [5.41, 5.74) is 7.30. The molecule has 0 amide bonds. The molecule has 2 aromatic heterocycles. The summed E-state index contributed by atoms with van der Waals surface area (Å²) >= 11 is 0. The summed E-state index contributed by atoms with van der Waals surface area (Å²) in [5.74, 6) is 1.64. The molecule has 0 atom stereocenters. The molecule has 0 unspecified atom stereocenters. The van der Waals surface area contributed by atoms with E-state index in [0.29, 0.717) is 29.0 Å². The Balaban J connectivity index is 1.71. The van der Waals surface area contributed by atoms with Gasteiger partial charge in [-0.05, 0) is 24.6 Å². The second kappa shape index (κ2) is 5.58. The molecule has 2 N–H and O–H groups in total. The first-order valence-corrected chi connectivity index (χ1v) is 6.31. The van der Waals surface area contributed by atoms with Gasteiger partial charge in [-0.25, -0.2) is 9.97 Å². The van der Waals surface area contributed by atoms with E-state index in [1.165, 1.54) is 0 Å². The number of aryl methyl sites for hydroxylation is 1. The largest absolute Gasteiger partial charge is 0.482 e. The van der Waals surface area contributed by atoms with Crippen LogP contribution in [0, 0.1) is 6.92 Å². The number of ether oxygens (including phenoxy) is 1. The van der Waals surface area contributed by atoms with Crippen LogP contribution in [0.3, 0.4) is 0 Å². The van der Waals surface area contributed by atoms with Crippen LogP contribution in [0.4, 0.5) is 5.69 Å². The summed E-state index contributed by atoms with van der Waals surface area (Å²) < 4.78 is 10.6. The van der Waals surface area contributed by atoms with Crippen LogP contribution < -0.4 is 10.5 Å². The summed E-state index contributed by atoms with van der Waals surface area (Å²) in [5, 5.41) is 3.83. The molecular weight excluding hydrogens is 270 g/mol. The molecule has 21 heavy (non-hydrogen) atoms. The summed E-state index contributed by atoms with van der Waals surface area (Å²) in [6.07, 6.45) is 3.39. The third-order valence-corrected chi connectivity index (χ3v) is 2.72. The number of anilines is 1. The van der Waals surface area contributed by atoms with Crippen LogP contribution >= 0.6 is 0 Å². The lowest BCUT2D eigenvalue weighted by molar-refractivity contribution is 0.244. The summed E-state index contributed by atoms with van der Waals surface area (Å²) in [4.78, 5) is 12.5. The van der Waals surface area contributed by atoms with Gasteiger partial charge < -0.3 is 15.0 Å². The van der Waals surface area contributed by atoms with Gasteiger partial charge in [-0.2, -0.15) is 4.98 Å². The Morgan fingerprint density at radius 3 is 2.67 bits per heavy atom. The molecule has 7 nitrogen and oxygen atoms in total. The van der Waals surface area contributed by atoms with E-state index in [2.05, 4.69) is 20.1 Å². The van der Waals surface area contributed by atoms with Gasteiger partial charge in [0.1, 0.15) is 5.75 Å². The molecule has 106 valence electrons. The quantitative estimate of drug-likeness (QED) is 0.731. The van der Waals surface area contributed by atoms with E-state index >= 15 is 0 Å². The Kier molecular flexibility index (Phi) is 3.46. The van der Waals surface area contributed by atoms with E-state index < -0.39 is 0 Å². The van der Waals surface area contributed by atoms with Crippen molar-refractivity contribution in [3.8, 4) is 17.4 Å². The fourth-order valence-electron chi connectivity index (χ4n) is 1.66. The summed E-state index contributed by atoms with van der Waals surface area (Å²) in [7, 11) is 0. The number of nitrogens with zero attached hydrogens (tertiary/aromatic N) is 4. The molecule has 0 radical (unpaired) electrons. The Morgan fingerprint density at radius 2 is 1.90 bits per heavy atom. The van der Waals surface area contributed by atoms with E-state index in [1.807, 2.05) is 19.1 Å². The number of hydrogen-bond acceptors (Lipinski definition) is 7. The average Bonchev–Trinajstić information content (AvgIpc) is 2.96. The predicted octanol–water partition coefficient (Wildman–Crippen LogP) is 2.00. The minimum absolute atomic E-state index is 0.132. The fraction of sp³-hybridized carbons (Fsp3) is 0.143. The number of nitrogen functional groups attached to an aromatic ring is 1. The molecule has 0 saturated heterocycles. The third kappa shape index (κ3) is 2.97. The van der Waals surface area contributed by atoms with Crippen molar-refractivity contribution in [2.75, 3.05) is 5.73 Å². The molecule has 0 fully saturated rings. The smallest absolute Gasteiger partial charge is 0.264 e. The summed E-state index contributed by atoms with van der Waals surface area (Å²) in [6, 6.07) is 7.21. The monoisotopic (exact) mass is 283 g/mol. The lowest BCUT2D eigenvalue weighted by Gasteiger charge is -2.05. The van der Waals surface area contributed by atoms with Crippen LogP contribution in [0.25, 0.3) is 11.6 Å². The highest BCUT2D eigenvalue weighted by atomic mass is 16.5. The number of aromatic nitrogens is 4. The van der Waals surface area contributed by atoms with Crippen LogP contribution in [0.5, 0.6) is 5.75 Å². The van der Waals surface area contributed by atoms with Crippen molar-refractivity contribution < 1.29 is 9.26 Å². The molecule has 7 heteroatoms. The number of nitrogens with two attached hydrogens (primary N) is 1. The molecule has 3 aromatic rings. The van der Waals surface area contributed by atoms with Crippen LogP contribution in [0.1, 0.15) is 11.5 Å². The average molecular weight is 283 g/mol. The molecule has 2 heterocycles. The number of rotatable bonds is 4. The highest BCUT2D eigenvalue weighted by Crippen LogP contribution is 2.21. The molecule has 0 aliphatic carbocycles. The second-order valence-electron chi connectivity index (χ2n) is 4.42. The standard InChI is InChI=1S/C14H13N5O2/c1-9-6-16-13(17-7-9)14-18-12(21-19-14)8-20-11-5-3-2-4-10(11)15/h2-7H,8,15H2,1H3. The topological polar surface area (TPSA) is 100.0 Å². The molecule has 0 aliphatic rings. The first-order chi connectivity index (χ1) is 10.2. The van der Waals surface area contributed by atoms with Crippen LogP contribution in [0.15, 0.2) is 41.2 Å². The zero-order chi connectivity index (χ0) is 14.7. The number of para-hydroxylation sites is 2. The SMILES string of the molecule is Cc1cnc(-c2noc(COc3ccccc3N)n2)nc1. The zero-order valence-corrected chi connectivity index (χ0v) is 11.4. The van der Waals surface area contributed by atoms with E-state index in [4.69, 9.17) is 15.0 Å². The Hall–Kier alpha value is -2.96. The van der Waals surface area contributed by atoms with Crippen molar-refractivity contribution >= 4 is 5.69 Å². The minimum Gasteiger partial charge on any atom is -0.482 e. The van der Waals surface area contributed by atoms with Gasteiger partial charge in [0.2, 0.25) is 11.6 Å². The molecule has 0 spiro atoms. The third-order valence-electron chi connectivity index (χ3n) is 2.72. The van der Waals surface area contributed by atoms with Gasteiger partial charge in [0.25, 0.3) is 5.89 Å². The maximum absolute atomic E-state index is 5.78. The van der Waals surface area contributed by atoms with Gasteiger partial charge >= 0.3 is 0 Å². The lowest BCUT2D eigenvalue weighted by Crippen LogP contribution is -1.99. The van der Waals surface area contributed by atoms with Crippen molar-refractivity contribution in [2.24, 2.45) is 0 Å². The first kappa shape index (κ1) is 13.0. The Morgan fingerprint density at radius 1 is 1.14 bits per heavy atom. The number of benzene rings is 1. The van der Waals surface area contributed by atoms with Gasteiger partial charge in [0.05, 0.1) is 5.69 Å².